The second kappa shape index (κ2) is 8.16. The zero-order valence-electron chi connectivity index (χ0n) is 16.3. The fraction of sp³-hybridized carbons (Fsp3) is 0.182. The van der Waals surface area contributed by atoms with E-state index in [1.54, 1.807) is 55.5 Å². The number of amides is 1. The van der Waals surface area contributed by atoms with Crippen LogP contribution in [0.1, 0.15) is 29.9 Å². The molecule has 1 saturated carbocycles. The van der Waals surface area contributed by atoms with Crippen LogP contribution in [-0.4, -0.2) is 19.5 Å². The molecule has 1 aliphatic rings. The normalized spacial score (nSPS) is 14.0. The Bertz CT molecular complexity index is 1180. The number of carbonyl (C=O) groups is 1. The second-order valence-corrected chi connectivity index (χ2v) is 8.83. The molecule has 1 fully saturated rings. The van der Waals surface area contributed by atoms with Crippen LogP contribution in [0.3, 0.4) is 0 Å². The van der Waals surface area contributed by atoms with Crippen LogP contribution >= 0.6 is 0 Å². The van der Waals surface area contributed by atoms with Crippen LogP contribution in [0, 0.1) is 12.8 Å². The summed E-state index contributed by atoms with van der Waals surface area (Å²) < 4.78 is 32.9. The lowest BCUT2D eigenvalue weighted by molar-refractivity contribution is -0.117. The van der Waals surface area contributed by atoms with Gasteiger partial charge in [-0.25, -0.2) is 8.42 Å². The molecular formula is C22H21N3O4S. The van der Waals surface area contributed by atoms with Crippen molar-refractivity contribution in [2.75, 3.05) is 10.0 Å². The first-order chi connectivity index (χ1) is 14.4. The summed E-state index contributed by atoms with van der Waals surface area (Å²) in [7, 11) is -3.67. The molecular weight excluding hydrogens is 402 g/mol. The minimum atomic E-state index is -3.67. The molecule has 7 nitrogen and oxygen atoms in total. The molecule has 3 aromatic rings. The van der Waals surface area contributed by atoms with E-state index in [1.165, 1.54) is 12.1 Å². The van der Waals surface area contributed by atoms with Crippen LogP contribution < -0.4 is 10.0 Å². The highest BCUT2D eigenvalue weighted by molar-refractivity contribution is 7.92. The first kappa shape index (κ1) is 19.9. The van der Waals surface area contributed by atoms with Crippen LogP contribution in [0.15, 0.2) is 64.0 Å². The van der Waals surface area contributed by atoms with Gasteiger partial charge >= 0.3 is 0 Å². The Hall–Kier alpha value is -3.39. The Balaban J connectivity index is 1.47. The van der Waals surface area contributed by atoms with E-state index in [2.05, 4.69) is 15.2 Å². The summed E-state index contributed by atoms with van der Waals surface area (Å²) in [5.74, 6) is 0.510. The number of hydrogen-bond acceptors (Lipinski definition) is 5. The van der Waals surface area contributed by atoms with Crippen molar-refractivity contribution >= 4 is 39.5 Å². The summed E-state index contributed by atoms with van der Waals surface area (Å²) in [5, 5.41) is 6.79. The van der Waals surface area contributed by atoms with Gasteiger partial charge in [-0.15, -0.1) is 0 Å². The number of rotatable bonds is 7. The van der Waals surface area contributed by atoms with Gasteiger partial charge in [-0.3, -0.25) is 9.52 Å². The van der Waals surface area contributed by atoms with Crippen molar-refractivity contribution in [3.63, 3.8) is 0 Å². The highest BCUT2D eigenvalue weighted by atomic mass is 32.2. The number of aromatic nitrogens is 1. The van der Waals surface area contributed by atoms with Crippen molar-refractivity contribution in [2.45, 2.75) is 24.7 Å². The predicted octanol–water partition coefficient (Wildman–Crippen LogP) is 4.30. The molecule has 1 aromatic heterocycles. The fourth-order valence-corrected chi connectivity index (χ4v) is 3.93. The third-order valence-corrected chi connectivity index (χ3v) is 6.13. The Kier molecular flexibility index (Phi) is 5.41. The van der Waals surface area contributed by atoms with Crippen molar-refractivity contribution in [3.8, 4) is 0 Å². The number of anilines is 2. The molecule has 4 rings (SSSR count). The van der Waals surface area contributed by atoms with Crippen molar-refractivity contribution < 1.29 is 17.7 Å². The summed E-state index contributed by atoms with van der Waals surface area (Å²) in [6.45, 7) is 1.77. The van der Waals surface area contributed by atoms with Gasteiger partial charge in [-0.05, 0) is 55.7 Å². The van der Waals surface area contributed by atoms with E-state index in [0.717, 1.165) is 18.4 Å². The van der Waals surface area contributed by atoms with Crippen molar-refractivity contribution in [2.24, 2.45) is 5.92 Å². The van der Waals surface area contributed by atoms with Crippen LogP contribution in [0.2, 0.25) is 0 Å². The molecule has 30 heavy (non-hydrogen) atoms. The molecule has 154 valence electrons. The Morgan fingerprint density at radius 3 is 2.43 bits per heavy atom. The highest BCUT2D eigenvalue weighted by Gasteiger charge is 2.30. The van der Waals surface area contributed by atoms with E-state index in [0.29, 0.717) is 22.8 Å². The lowest BCUT2D eigenvalue weighted by atomic mass is 10.2. The Morgan fingerprint density at radius 1 is 1.07 bits per heavy atom. The van der Waals surface area contributed by atoms with Gasteiger partial charge in [-0.1, -0.05) is 41.6 Å². The number of benzene rings is 2. The maximum absolute atomic E-state index is 12.5. The highest BCUT2D eigenvalue weighted by Crippen LogP contribution is 2.32. The molecule has 0 saturated heterocycles. The smallest absolute Gasteiger partial charge is 0.261 e. The van der Waals surface area contributed by atoms with Gasteiger partial charge in [0.05, 0.1) is 4.90 Å². The predicted molar refractivity (Wildman–Crippen MR) is 115 cm³/mol. The molecule has 0 aliphatic heterocycles. The lowest BCUT2D eigenvalue weighted by Gasteiger charge is -2.08. The third-order valence-electron chi connectivity index (χ3n) is 4.73. The van der Waals surface area contributed by atoms with Gasteiger partial charge < -0.3 is 9.84 Å². The van der Waals surface area contributed by atoms with Crippen LogP contribution in [0.4, 0.5) is 11.4 Å². The molecule has 0 spiro atoms. The lowest BCUT2D eigenvalue weighted by Crippen LogP contribution is -2.14. The summed E-state index contributed by atoms with van der Waals surface area (Å²) >= 11 is 0. The summed E-state index contributed by atoms with van der Waals surface area (Å²) in [6, 6.07) is 15.2. The van der Waals surface area contributed by atoms with E-state index in [-0.39, 0.29) is 16.7 Å². The zero-order valence-corrected chi connectivity index (χ0v) is 17.1. The number of nitrogens with one attached hydrogen (secondary N) is 2. The number of sulfonamides is 1. The van der Waals surface area contributed by atoms with E-state index in [4.69, 9.17) is 4.52 Å². The first-order valence-electron chi connectivity index (χ1n) is 9.55. The molecule has 2 N–H and O–H groups in total. The molecule has 0 bridgehead atoms. The zero-order chi connectivity index (χ0) is 21.1. The SMILES string of the molecule is Cc1noc(C=Cc2ccc(S(=O)(=O)Nc3ccccc3)cc2)c1NC(=O)C1CC1. The molecule has 0 unspecified atom stereocenters. The average Bonchev–Trinajstić information content (AvgIpc) is 3.53. The van der Waals surface area contributed by atoms with Crippen molar-refractivity contribution in [1.82, 2.24) is 5.16 Å². The number of hydrogen-bond donors (Lipinski definition) is 2. The quantitative estimate of drug-likeness (QED) is 0.590. The van der Waals surface area contributed by atoms with Crippen LogP contribution in [0.25, 0.3) is 12.2 Å². The van der Waals surface area contributed by atoms with Gasteiger partial charge in [-0.2, -0.15) is 0 Å². The second-order valence-electron chi connectivity index (χ2n) is 7.14. The van der Waals surface area contributed by atoms with Gasteiger partial charge in [0, 0.05) is 11.6 Å². The maximum atomic E-state index is 12.5. The molecule has 1 aliphatic carbocycles. The van der Waals surface area contributed by atoms with Crippen molar-refractivity contribution in [3.05, 3.63) is 71.6 Å². The molecule has 0 atom stereocenters. The topological polar surface area (TPSA) is 101 Å². The Labute approximate surface area is 174 Å². The standard InChI is InChI=1S/C22H21N3O4S/c1-15-21(23-22(26)17-10-11-17)20(29-24-15)14-9-16-7-12-19(13-8-16)30(27,28)25-18-5-3-2-4-6-18/h2-9,12-14,17,25H,10-11H2,1H3,(H,23,26). The minimum absolute atomic E-state index is 0.0172. The van der Waals surface area contributed by atoms with Crippen LogP contribution in [-0.2, 0) is 14.8 Å². The molecule has 8 heteroatoms. The van der Waals surface area contributed by atoms with Gasteiger partial charge in [0.2, 0.25) is 5.91 Å². The number of carbonyl (C=O) groups excluding carboxylic acids is 1. The number of para-hydroxylation sites is 1. The monoisotopic (exact) mass is 423 g/mol. The largest absolute Gasteiger partial charge is 0.354 e. The number of nitrogens with zero attached hydrogens (tertiary/aromatic N) is 1. The third kappa shape index (κ3) is 4.60. The summed E-state index contributed by atoms with van der Waals surface area (Å²) in [5.41, 5.74) is 2.46. The summed E-state index contributed by atoms with van der Waals surface area (Å²) in [6.07, 6.45) is 5.30. The maximum Gasteiger partial charge on any atom is 0.261 e. The average molecular weight is 423 g/mol. The van der Waals surface area contributed by atoms with Crippen LogP contribution in [0.5, 0.6) is 0 Å². The fourth-order valence-electron chi connectivity index (χ4n) is 2.87. The van der Waals surface area contributed by atoms with Crippen molar-refractivity contribution in [1.29, 1.82) is 0 Å². The van der Waals surface area contributed by atoms with Gasteiger partial charge in [0.1, 0.15) is 11.4 Å². The minimum Gasteiger partial charge on any atom is -0.354 e. The van der Waals surface area contributed by atoms with E-state index < -0.39 is 10.0 Å². The molecule has 2 aromatic carbocycles. The summed E-state index contributed by atoms with van der Waals surface area (Å²) in [4.78, 5) is 12.2. The van der Waals surface area contributed by atoms with Gasteiger partial charge in [0.15, 0.2) is 5.76 Å². The Morgan fingerprint density at radius 2 is 1.77 bits per heavy atom. The van der Waals surface area contributed by atoms with E-state index >= 15 is 0 Å². The molecule has 1 amide bonds. The number of aryl methyl sites for hydroxylation is 1. The first-order valence-corrected chi connectivity index (χ1v) is 11.0. The molecule has 0 radical (unpaired) electrons. The molecule has 1 heterocycles. The van der Waals surface area contributed by atoms with E-state index in [1.807, 2.05) is 6.07 Å². The van der Waals surface area contributed by atoms with E-state index in [9.17, 15) is 13.2 Å². The van der Waals surface area contributed by atoms with Gasteiger partial charge in [0.25, 0.3) is 10.0 Å².